The van der Waals surface area contributed by atoms with Crippen LogP contribution in [0, 0.1) is 0 Å². The molecule has 3 rings (SSSR count). The van der Waals surface area contributed by atoms with E-state index >= 15 is 0 Å². The van der Waals surface area contributed by atoms with Crippen molar-refractivity contribution in [1.29, 1.82) is 0 Å². The molecule has 0 aliphatic carbocycles. The zero-order valence-corrected chi connectivity index (χ0v) is 15.0. The molecule has 150 valence electrons. The Bertz CT molecular complexity index is 820. The molecule has 2 aliphatic rings. The van der Waals surface area contributed by atoms with E-state index < -0.39 is 18.1 Å². The molecule has 2 heterocycles. The van der Waals surface area contributed by atoms with Crippen molar-refractivity contribution in [3.05, 3.63) is 35.4 Å². The number of esters is 2. The van der Waals surface area contributed by atoms with Gasteiger partial charge < -0.3 is 15.0 Å². The number of rotatable bonds is 3. The van der Waals surface area contributed by atoms with Gasteiger partial charge in [0.25, 0.3) is 0 Å². The van der Waals surface area contributed by atoms with Gasteiger partial charge in [0.2, 0.25) is 0 Å². The molecule has 0 bridgehead atoms. The maximum atomic E-state index is 12.5. The molecule has 0 aromatic heterocycles. The van der Waals surface area contributed by atoms with Gasteiger partial charge in [0, 0.05) is 37.4 Å². The second-order valence-electron chi connectivity index (χ2n) is 6.54. The highest BCUT2D eigenvalue weighted by molar-refractivity contribution is 6.00. The standard InChI is InChI=1S/C18H18F3N3O4/c1-11(15(25)28-16(26)18(19,20)21)8-12-2-4-13(5-3-12)24-10-14-9-22-6-7-23(14)17(24)27/h2-5,8,14,22H,6-7,9-10H2,1H3/b11-8+/t14-/m0/s1. The van der Waals surface area contributed by atoms with Crippen LogP contribution in [0.25, 0.3) is 6.08 Å². The number of nitrogens with one attached hydrogen (secondary N) is 1. The number of piperazine rings is 1. The van der Waals surface area contributed by atoms with E-state index in [1.54, 1.807) is 29.2 Å². The summed E-state index contributed by atoms with van der Waals surface area (Å²) in [5, 5.41) is 3.25. The molecular weight excluding hydrogens is 379 g/mol. The third-order valence-electron chi connectivity index (χ3n) is 4.55. The second-order valence-corrected chi connectivity index (χ2v) is 6.54. The Morgan fingerprint density at radius 2 is 1.93 bits per heavy atom. The minimum atomic E-state index is -5.23. The largest absolute Gasteiger partial charge is 0.491 e. The first-order valence-corrected chi connectivity index (χ1v) is 8.57. The number of nitrogens with zero attached hydrogens (tertiary/aromatic N) is 2. The topological polar surface area (TPSA) is 78.9 Å². The van der Waals surface area contributed by atoms with Gasteiger partial charge in [-0.2, -0.15) is 13.2 Å². The third-order valence-corrected chi connectivity index (χ3v) is 4.55. The van der Waals surface area contributed by atoms with E-state index in [0.29, 0.717) is 24.3 Å². The van der Waals surface area contributed by atoms with Crippen molar-refractivity contribution in [2.45, 2.75) is 19.1 Å². The summed E-state index contributed by atoms with van der Waals surface area (Å²) in [7, 11) is 0. The highest BCUT2D eigenvalue weighted by Crippen LogP contribution is 2.25. The lowest BCUT2D eigenvalue weighted by Crippen LogP contribution is -2.49. The number of carbonyl (C=O) groups excluding carboxylic acids is 3. The minimum Gasteiger partial charge on any atom is -0.383 e. The second kappa shape index (κ2) is 7.63. The Labute approximate surface area is 158 Å². The van der Waals surface area contributed by atoms with Crippen molar-refractivity contribution in [3.63, 3.8) is 0 Å². The van der Waals surface area contributed by atoms with Crippen molar-refractivity contribution in [2.24, 2.45) is 0 Å². The molecule has 7 nitrogen and oxygen atoms in total. The van der Waals surface area contributed by atoms with Crippen molar-refractivity contribution in [1.82, 2.24) is 10.2 Å². The molecule has 0 radical (unpaired) electrons. The molecule has 1 aromatic carbocycles. The van der Waals surface area contributed by atoms with Crippen LogP contribution in [-0.4, -0.2) is 61.3 Å². The Morgan fingerprint density at radius 1 is 1.25 bits per heavy atom. The molecule has 2 fully saturated rings. The molecule has 1 atom stereocenters. The number of benzene rings is 1. The fourth-order valence-corrected chi connectivity index (χ4v) is 3.12. The predicted molar refractivity (Wildman–Crippen MR) is 93.4 cm³/mol. The summed E-state index contributed by atoms with van der Waals surface area (Å²) < 4.78 is 40.2. The lowest BCUT2D eigenvalue weighted by atomic mass is 10.1. The maximum Gasteiger partial charge on any atom is 0.491 e. The van der Waals surface area contributed by atoms with Crippen molar-refractivity contribution in [3.8, 4) is 0 Å². The van der Waals surface area contributed by atoms with E-state index in [-0.39, 0.29) is 17.6 Å². The van der Waals surface area contributed by atoms with Gasteiger partial charge in [-0.1, -0.05) is 12.1 Å². The zero-order valence-electron chi connectivity index (χ0n) is 15.0. The fourth-order valence-electron chi connectivity index (χ4n) is 3.12. The number of halogens is 3. The zero-order chi connectivity index (χ0) is 20.5. The molecule has 2 saturated heterocycles. The number of amides is 2. The third kappa shape index (κ3) is 4.16. The smallest absolute Gasteiger partial charge is 0.383 e. The van der Waals surface area contributed by atoms with E-state index in [9.17, 15) is 27.6 Å². The van der Waals surface area contributed by atoms with Gasteiger partial charge in [0.05, 0.1) is 6.04 Å². The van der Waals surface area contributed by atoms with E-state index in [1.807, 2.05) is 4.90 Å². The van der Waals surface area contributed by atoms with Crippen molar-refractivity contribution in [2.75, 3.05) is 31.1 Å². The fraction of sp³-hybridized carbons (Fsp3) is 0.389. The Kier molecular flexibility index (Phi) is 5.41. The number of alkyl halides is 3. The first-order chi connectivity index (χ1) is 13.2. The SMILES string of the molecule is C/C(=C\c1ccc(N2C[C@@H]3CNCCN3C2=O)cc1)C(=O)OC(=O)C(F)(F)F. The predicted octanol–water partition coefficient (Wildman–Crippen LogP) is 1.94. The monoisotopic (exact) mass is 397 g/mol. The maximum absolute atomic E-state index is 12.5. The number of urea groups is 1. The lowest BCUT2D eigenvalue weighted by molar-refractivity contribution is -0.200. The Morgan fingerprint density at radius 3 is 2.54 bits per heavy atom. The van der Waals surface area contributed by atoms with Crippen LogP contribution in [0.5, 0.6) is 0 Å². The number of anilines is 1. The molecule has 0 spiro atoms. The highest BCUT2D eigenvalue weighted by Gasteiger charge is 2.42. The quantitative estimate of drug-likeness (QED) is 0.479. The first-order valence-electron chi connectivity index (χ1n) is 8.57. The summed E-state index contributed by atoms with van der Waals surface area (Å²) in [4.78, 5) is 38.3. The molecule has 2 amide bonds. The van der Waals surface area contributed by atoms with Crippen LogP contribution in [0.1, 0.15) is 12.5 Å². The van der Waals surface area contributed by atoms with Gasteiger partial charge in [-0.05, 0) is 30.7 Å². The van der Waals surface area contributed by atoms with Crippen LogP contribution < -0.4 is 10.2 Å². The molecule has 28 heavy (non-hydrogen) atoms. The molecule has 1 aromatic rings. The van der Waals surface area contributed by atoms with Crippen LogP contribution in [0.2, 0.25) is 0 Å². The number of fused-ring (bicyclic) bond motifs is 1. The van der Waals surface area contributed by atoms with Crippen LogP contribution >= 0.6 is 0 Å². The number of carbonyl (C=O) groups is 3. The van der Waals surface area contributed by atoms with Crippen molar-refractivity contribution < 1.29 is 32.3 Å². The van der Waals surface area contributed by atoms with Gasteiger partial charge in [-0.3, -0.25) is 4.90 Å². The number of ether oxygens (including phenoxy) is 1. The summed E-state index contributed by atoms with van der Waals surface area (Å²) in [6, 6.07) is 6.68. The summed E-state index contributed by atoms with van der Waals surface area (Å²) in [5.74, 6) is -3.93. The van der Waals surface area contributed by atoms with Crippen LogP contribution in [0.4, 0.5) is 23.7 Å². The van der Waals surface area contributed by atoms with Crippen LogP contribution in [0.3, 0.4) is 0 Å². The number of hydrogen-bond acceptors (Lipinski definition) is 5. The molecule has 1 N–H and O–H groups in total. The summed E-state index contributed by atoms with van der Waals surface area (Å²) in [6.07, 6.45) is -3.93. The van der Waals surface area contributed by atoms with Gasteiger partial charge in [-0.25, -0.2) is 14.4 Å². The van der Waals surface area contributed by atoms with Crippen LogP contribution in [0.15, 0.2) is 29.8 Å². The minimum absolute atomic E-state index is 0.0692. The summed E-state index contributed by atoms with van der Waals surface area (Å²) >= 11 is 0. The van der Waals surface area contributed by atoms with Gasteiger partial charge in [-0.15, -0.1) is 0 Å². The Balaban J connectivity index is 1.67. The molecular formula is C18H18F3N3O4. The molecule has 0 saturated carbocycles. The average molecular weight is 397 g/mol. The summed E-state index contributed by atoms with van der Waals surface area (Å²) in [6.45, 7) is 3.95. The molecule has 2 aliphatic heterocycles. The van der Waals surface area contributed by atoms with E-state index in [0.717, 1.165) is 13.1 Å². The van der Waals surface area contributed by atoms with Gasteiger partial charge >= 0.3 is 24.1 Å². The van der Waals surface area contributed by atoms with Gasteiger partial charge in [0.15, 0.2) is 0 Å². The number of hydrogen-bond donors (Lipinski definition) is 1. The van der Waals surface area contributed by atoms with Crippen LogP contribution in [-0.2, 0) is 14.3 Å². The first kappa shape index (κ1) is 19.9. The highest BCUT2D eigenvalue weighted by atomic mass is 19.4. The summed E-state index contributed by atoms with van der Waals surface area (Å²) in [5.41, 5.74) is 1.04. The van der Waals surface area contributed by atoms with E-state index in [2.05, 4.69) is 10.1 Å². The van der Waals surface area contributed by atoms with Gasteiger partial charge in [0.1, 0.15) is 0 Å². The van der Waals surface area contributed by atoms with E-state index in [1.165, 1.54) is 13.0 Å². The molecule has 10 heteroatoms. The average Bonchev–Trinajstić information content (AvgIpc) is 2.98. The lowest BCUT2D eigenvalue weighted by Gasteiger charge is -2.28. The molecule has 0 unspecified atom stereocenters. The van der Waals surface area contributed by atoms with E-state index in [4.69, 9.17) is 0 Å². The van der Waals surface area contributed by atoms with Crippen molar-refractivity contribution >= 4 is 29.7 Å². The normalized spacial score (nSPS) is 20.2. The Hall–Kier alpha value is -2.88.